The highest BCUT2D eigenvalue weighted by atomic mass is 16.2. The van der Waals surface area contributed by atoms with Gasteiger partial charge in [-0.1, -0.05) is 12.8 Å². The molecule has 1 N–H and O–H groups in total. The molecule has 1 saturated carbocycles. The monoisotopic (exact) mass is 418 g/mol. The first-order chi connectivity index (χ1) is 14.5. The van der Waals surface area contributed by atoms with Crippen LogP contribution in [0.25, 0.3) is 0 Å². The van der Waals surface area contributed by atoms with Crippen LogP contribution >= 0.6 is 0 Å². The Morgan fingerprint density at radius 3 is 2.00 bits per heavy atom. The number of nitrogens with one attached hydrogen (secondary N) is 1. The summed E-state index contributed by atoms with van der Waals surface area (Å²) in [5.41, 5.74) is -0.175. The van der Waals surface area contributed by atoms with Crippen molar-refractivity contribution in [3.8, 4) is 0 Å². The van der Waals surface area contributed by atoms with E-state index in [1.54, 1.807) is 0 Å². The maximum Gasteiger partial charge on any atom is 0.243 e. The Morgan fingerprint density at radius 1 is 0.833 bits per heavy atom. The molecule has 2 amide bonds. The summed E-state index contributed by atoms with van der Waals surface area (Å²) < 4.78 is 0. The van der Waals surface area contributed by atoms with Gasteiger partial charge in [-0.25, -0.2) is 0 Å². The van der Waals surface area contributed by atoms with Gasteiger partial charge in [-0.3, -0.25) is 14.5 Å². The minimum atomic E-state index is -0.175. The number of hydrogen-bond donors (Lipinski definition) is 1. The SMILES string of the molecule is CC(C)NC(=O)C1CCN(C2CCN(C(=O)C3(N4CCCC4)CCCC3)CC2)CC1. The van der Waals surface area contributed by atoms with E-state index in [1.807, 2.05) is 13.8 Å². The van der Waals surface area contributed by atoms with Gasteiger partial charge >= 0.3 is 0 Å². The van der Waals surface area contributed by atoms with Crippen molar-refractivity contribution < 1.29 is 9.59 Å². The van der Waals surface area contributed by atoms with Gasteiger partial charge in [-0.2, -0.15) is 0 Å². The zero-order valence-electron chi connectivity index (χ0n) is 19.2. The fourth-order valence-electron chi connectivity index (χ4n) is 6.43. The first kappa shape index (κ1) is 22.1. The Kier molecular flexibility index (Phi) is 7.03. The molecule has 3 heterocycles. The molecule has 170 valence electrons. The maximum atomic E-state index is 13.6. The van der Waals surface area contributed by atoms with Gasteiger partial charge in [0.25, 0.3) is 0 Å². The lowest BCUT2D eigenvalue weighted by Gasteiger charge is -2.45. The first-order valence-corrected chi connectivity index (χ1v) is 12.6. The van der Waals surface area contributed by atoms with Gasteiger partial charge < -0.3 is 15.1 Å². The Hall–Kier alpha value is -1.14. The van der Waals surface area contributed by atoms with Crippen molar-refractivity contribution in [2.75, 3.05) is 39.3 Å². The molecular weight excluding hydrogens is 376 g/mol. The van der Waals surface area contributed by atoms with Crippen LogP contribution in [0.5, 0.6) is 0 Å². The topological polar surface area (TPSA) is 55.9 Å². The molecular formula is C24H42N4O2. The summed E-state index contributed by atoms with van der Waals surface area (Å²) >= 11 is 0. The van der Waals surface area contributed by atoms with E-state index in [0.717, 1.165) is 77.8 Å². The smallest absolute Gasteiger partial charge is 0.243 e. The fraction of sp³-hybridized carbons (Fsp3) is 0.917. The summed E-state index contributed by atoms with van der Waals surface area (Å²) in [5.74, 6) is 0.839. The molecule has 1 aliphatic carbocycles. The number of nitrogens with zero attached hydrogens (tertiary/aromatic N) is 3. The van der Waals surface area contributed by atoms with Gasteiger partial charge in [0.15, 0.2) is 0 Å². The molecule has 3 aliphatic heterocycles. The second kappa shape index (κ2) is 9.56. The van der Waals surface area contributed by atoms with Crippen LogP contribution in [0.3, 0.4) is 0 Å². The average Bonchev–Trinajstić information content (AvgIpc) is 3.46. The molecule has 4 aliphatic rings. The molecule has 0 aromatic heterocycles. The zero-order chi connectivity index (χ0) is 21.1. The van der Waals surface area contributed by atoms with Crippen LogP contribution in [0.2, 0.25) is 0 Å². The summed E-state index contributed by atoms with van der Waals surface area (Å²) in [7, 11) is 0. The summed E-state index contributed by atoms with van der Waals surface area (Å²) in [6, 6.07) is 0.801. The highest BCUT2D eigenvalue weighted by Gasteiger charge is 2.49. The van der Waals surface area contributed by atoms with E-state index in [2.05, 4.69) is 20.0 Å². The molecule has 0 unspecified atom stereocenters. The molecule has 0 aromatic rings. The first-order valence-electron chi connectivity index (χ1n) is 12.6. The lowest BCUT2D eigenvalue weighted by atomic mass is 9.90. The number of likely N-dealkylation sites (tertiary alicyclic amines) is 3. The second-order valence-electron chi connectivity index (χ2n) is 10.4. The van der Waals surface area contributed by atoms with Crippen molar-refractivity contribution in [1.82, 2.24) is 20.0 Å². The van der Waals surface area contributed by atoms with Crippen molar-refractivity contribution in [2.24, 2.45) is 5.92 Å². The second-order valence-corrected chi connectivity index (χ2v) is 10.4. The van der Waals surface area contributed by atoms with E-state index in [-0.39, 0.29) is 23.4 Å². The highest BCUT2D eigenvalue weighted by Crippen LogP contribution is 2.39. The van der Waals surface area contributed by atoms with Crippen LogP contribution in [0.15, 0.2) is 0 Å². The molecule has 0 atom stereocenters. The predicted molar refractivity (Wildman–Crippen MR) is 119 cm³/mol. The number of carbonyl (C=O) groups is 2. The average molecular weight is 419 g/mol. The minimum absolute atomic E-state index is 0.174. The third-order valence-corrected chi connectivity index (χ3v) is 8.14. The van der Waals surface area contributed by atoms with Crippen LogP contribution in [-0.4, -0.2) is 83.4 Å². The third-order valence-electron chi connectivity index (χ3n) is 8.14. The van der Waals surface area contributed by atoms with E-state index in [0.29, 0.717) is 11.9 Å². The van der Waals surface area contributed by atoms with E-state index in [9.17, 15) is 9.59 Å². The number of amides is 2. The summed E-state index contributed by atoms with van der Waals surface area (Å²) in [5, 5.41) is 3.07. The van der Waals surface area contributed by atoms with Crippen LogP contribution in [0, 0.1) is 5.92 Å². The minimum Gasteiger partial charge on any atom is -0.354 e. The predicted octanol–water partition coefficient (Wildman–Crippen LogP) is 2.62. The fourth-order valence-corrected chi connectivity index (χ4v) is 6.43. The molecule has 0 bridgehead atoms. The Balaban J connectivity index is 1.27. The zero-order valence-corrected chi connectivity index (χ0v) is 19.2. The van der Waals surface area contributed by atoms with Crippen molar-refractivity contribution in [3.05, 3.63) is 0 Å². The van der Waals surface area contributed by atoms with Gasteiger partial charge in [-0.05, 0) is 91.4 Å². The normalized spacial score (nSPS) is 27.1. The van der Waals surface area contributed by atoms with Crippen LogP contribution in [0.4, 0.5) is 0 Å². The van der Waals surface area contributed by atoms with E-state index < -0.39 is 0 Å². The number of carbonyl (C=O) groups excluding carboxylic acids is 2. The molecule has 0 aromatic carbocycles. The molecule has 0 radical (unpaired) electrons. The number of hydrogen-bond acceptors (Lipinski definition) is 4. The lowest BCUT2D eigenvalue weighted by molar-refractivity contribution is -0.146. The largest absolute Gasteiger partial charge is 0.354 e. The van der Waals surface area contributed by atoms with Gasteiger partial charge in [0, 0.05) is 31.1 Å². The van der Waals surface area contributed by atoms with E-state index >= 15 is 0 Å². The lowest BCUT2D eigenvalue weighted by Crippen LogP contribution is -2.59. The van der Waals surface area contributed by atoms with Crippen LogP contribution in [-0.2, 0) is 9.59 Å². The van der Waals surface area contributed by atoms with Crippen LogP contribution < -0.4 is 5.32 Å². The molecule has 4 rings (SSSR count). The van der Waals surface area contributed by atoms with Gasteiger partial charge in [0.1, 0.15) is 5.54 Å². The summed E-state index contributed by atoms with van der Waals surface area (Å²) in [6.45, 7) is 10.1. The van der Waals surface area contributed by atoms with Gasteiger partial charge in [0.05, 0.1) is 0 Å². The summed E-state index contributed by atoms with van der Waals surface area (Å²) in [4.78, 5) is 33.2. The molecule has 0 spiro atoms. The maximum absolute atomic E-state index is 13.6. The molecule has 6 heteroatoms. The molecule has 6 nitrogen and oxygen atoms in total. The number of piperidine rings is 2. The van der Waals surface area contributed by atoms with E-state index in [4.69, 9.17) is 0 Å². The van der Waals surface area contributed by atoms with E-state index in [1.165, 1.54) is 25.7 Å². The van der Waals surface area contributed by atoms with Gasteiger partial charge in [0.2, 0.25) is 11.8 Å². The standard InChI is InChI=1S/C24H42N4O2/c1-19(2)25-22(29)20-7-15-26(16-8-20)21-9-17-27(18-10-21)23(30)24(11-3-4-12-24)28-13-5-6-14-28/h19-21H,3-18H2,1-2H3,(H,25,29). The molecule has 3 saturated heterocycles. The summed E-state index contributed by atoms with van der Waals surface area (Å²) in [6.07, 6.45) is 11.2. The van der Waals surface area contributed by atoms with Crippen LogP contribution in [0.1, 0.15) is 78.1 Å². The van der Waals surface area contributed by atoms with Gasteiger partial charge in [-0.15, -0.1) is 0 Å². The molecule has 4 fully saturated rings. The third kappa shape index (κ3) is 4.55. The number of rotatable bonds is 5. The Labute approximate surface area is 182 Å². The highest BCUT2D eigenvalue weighted by molar-refractivity contribution is 5.87. The van der Waals surface area contributed by atoms with Crippen molar-refractivity contribution in [2.45, 2.75) is 95.7 Å². The Morgan fingerprint density at radius 2 is 1.43 bits per heavy atom. The van der Waals surface area contributed by atoms with Crippen molar-refractivity contribution in [3.63, 3.8) is 0 Å². The van der Waals surface area contributed by atoms with Crippen molar-refractivity contribution >= 4 is 11.8 Å². The van der Waals surface area contributed by atoms with Crippen molar-refractivity contribution in [1.29, 1.82) is 0 Å². The quantitative estimate of drug-likeness (QED) is 0.746. The Bertz CT molecular complexity index is 594. The molecule has 30 heavy (non-hydrogen) atoms.